The quantitative estimate of drug-likeness (QED) is 0.884. The summed E-state index contributed by atoms with van der Waals surface area (Å²) in [6.45, 7) is 5.12. The van der Waals surface area contributed by atoms with Crippen molar-refractivity contribution in [2.75, 3.05) is 25.0 Å². The molecule has 2 heterocycles. The SMILES string of the molecule is CCC1CCN(C(=O)c2ccc3c(c2)CCCN3)C1. The second kappa shape index (κ2) is 5.24. The molecule has 1 N–H and O–H groups in total. The lowest BCUT2D eigenvalue weighted by atomic mass is 10.0. The average molecular weight is 258 g/mol. The second-order valence-corrected chi connectivity index (χ2v) is 5.72. The van der Waals surface area contributed by atoms with Crippen molar-refractivity contribution in [1.29, 1.82) is 0 Å². The Hall–Kier alpha value is -1.51. The molecule has 2 aliphatic rings. The molecule has 3 heteroatoms. The zero-order chi connectivity index (χ0) is 13.2. The van der Waals surface area contributed by atoms with Crippen molar-refractivity contribution < 1.29 is 4.79 Å². The van der Waals surface area contributed by atoms with Crippen molar-refractivity contribution in [2.45, 2.75) is 32.6 Å². The molecule has 102 valence electrons. The Labute approximate surface area is 115 Å². The summed E-state index contributed by atoms with van der Waals surface area (Å²) in [6, 6.07) is 6.12. The molecule has 1 aromatic rings. The van der Waals surface area contributed by atoms with Crippen LogP contribution in [0.1, 0.15) is 42.1 Å². The predicted octanol–water partition coefficient (Wildman–Crippen LogP) is 2.92. The maximum absolute atomic E-state index is 12.5. The summed E-state index contributed by atoms with van der Waals surface area (Å²) in [7, 11) is 0. The van der Waals surface area contributed by atoms with Gasteiger partial charge in [0.15, 0.2) is 0 Å². The van der Waals surface area contributed by atoms with Gasteiger partial charge in [0.25, 0.3) is 5.91 Å². The van der Waals surface area contributed by atoms with E-state index in [1.807, 2.05) is 11.0 Å². The summed E-state index contributed by atoms with van der Waals surface area (Å²) in [5, 5.41) is 3.39. The molecule has 0 saturated carbocycles. The molecule has 19 heavy (non-hydrogen) atoms. The molecular formula is C16H22N2O. The third-order valence-electron chi connectivity index (χ3n) is 4.44. The van der Waals surface area contributed by atoms with Crippen LogP contribution in [0.5, 0.6) is 0 Å². The third kappa shape index (κ3) is 2.46. The first-order valence-electron chi connectivity index (χ1n) is 7.44. The van der Waals surface area contributed by atoms with Gasteiger partial charge in [-0.05, 0) is 48.9 Å². The van der Waals surface area contributed by atoms with Gasteiger partial charge >= 0.3 is 0 Å². The van der Waals surface area contributed by atoms with Gasteiger partial charge in [0.1, 0.15) is 0 Å². The van der Waals surface area contributed by atoms with E-state index in [2.05, 4.69) is 24.4 Å². The molecule has 1 saturated heterocycles. The number of hydrogen-bond donors (Lipinski definition) is 1. The zero-order valence-corrected chi connectivity index (χ0v) is 11.6. The number of anilines is 1. The van der Waals surface area contributed by atoms with E-state index in [1.54, 1.807) is 0 Å². The smallest absolute Gasteiger partial charge is 0.253 e. The molecule has 2 aliphatic heterocycles. The normalized spacial score (nSPS) is 21.9. The minimum Gasteiger partial charge on any atom is -0.385 e. The fourth-order valence-electron chi connectivity index (χ4n) is 3.14. The Morgan fingerprint density at radius 1 is 1.47 bits per heavy atom. The van der Waals surface area contributed by atoms with Crippen molar-refractivity contribution in [2.24, 2.45) is 5.92 Å². The number of hydrogen-bond acceptors (Lipinski definition) is 2. The molecule has 3 nitrogen and oxygen atoms in total. The van der Waals surface area contributed by atoms with Gasteiger partial charge in [-0.3, -0.25) is 4.79 Å². The summed E-state index contributed by atoms with van der Waals surface area (Å²) in [6.07, 6.45) is 4.58. The summed E-state index contributed by atoms with van der Waals surface area (Å²) in [5.41, 5.74) is 3.36. The molecule has 1 aromatic carbocycles. The number of fused-ring (bicyclic) bond motifs is 1. The van der Waals surface area contributed by atoms with Gasteiger partial charge in [-0.15, -0.1) is 0 Å². The highest BCUT2D eigenvalue weighted by Crippen LogP contribution is 2.25. The van der Waals surface area contributed by atoms with Gasteiger partial charge in [0, 0.05) is 30.9 Å². The highest BCUT2D eigenvalue weighted by Gasteiger charge is 2.26. The van der Waals surface area contributed by atoms with Crippen LogP contribution >= 0.6 is 0 Å². The van der Waals surface area contributed by atoms with Gasteiger partial charge in [-0.25, -0.2) is 0 Å². The first-order chi connectivity index (χ1) is 9.28. The van der Waals surface area contributed by atoms with Crippen molar-refractivity contribution >= 4 is 11.6 Å². The average Bonchev–Trinajstić information content (AvgIpc) is 2.95. The van der Waals surface area contributed by atoms with E-state index in [1.165, 1.54) is 17.7 Å². The van der Waals surface area contributed by atoms with Crippen molar-refractivity contribution in [3.8, 4) is 0 Å². The van der Waals surface area contributed by atoms with E-state index in [4.69, 9.17) is 0 Å². The summed E-state index contributed by atoms with van der Waals surface area (Å²) >= 11 is 0. The number of likely N-dealkylation sites (tertiary alicyclic amines) is 1. The molecule has 1 fully saturated rings. The molecule has 1 atom stereocenters. The van der Waals surface area contributed by atoms with Crippen LogP contribution in [0.4, 0.5) is 5.69 Å². The van der Waals surface area contributed by atoms with E-state index < -0.39 is 0 Å². The van der Waals surface area contributed by atoms with E-state index in [0.717, 1.165) is 44.5 Å². The van der Waals surface area contributed by atoms with Gasteiger partial charge in [0.05, 0.1) is 0 Å². The van der Waals surface area contributed by atoms with E-state index in [-0.39, 0.29) is 5.91 Å². The largest absolute Gasteiger partial charge is 0.385 e. The number of amides is 1. The summed E-state index contributed by atoms with van der Waals surface area (Å²) in [4.78, 5) is 14.5. The van der Waals surface area contributed by atoms with Gasteiger partial charge in [-0.1, -0.05) is 13.3 Å². The first-order valence-corrected chi connectivity index (χ1v) is 7.44. The fraction of sp³-hybridized carbons (Fsp3) is 0.562. The Kier molecular flexibility index (Phi) is 3.45. The van der Waals surface area contributed by atoms with Crippen LogP contribution in [-0.2, 0) is 6.42 Å². The van der Waals surface area contributed by atoms with Crippen LogP contribution in [0.25, 0.3) is 0 Å². The molecule has 0 radical (unpaired) electrons. The van der Waals surface area contributed by atoms with Gasteiger partial charge in [-0.2, -0.15) is 0 Å². The number of nitrogens with one attached hydrogen (secondary N) is 1. The lowest BCUT2D eigenvalue weighted by molar-refractivity contribution is 0.0787. The molecule has 1 unspecified atom stereocenters. The monoisotopic (exact) mass is 258 g/mol. The van der Waals surface area contributed by atoms with Crippen molar-refractivity contribution in [1.82, 2.24) is 4.90 Å². The van der Waals surface area contributed by atoms with Crippen molar-refractivity contribution in [3.63, 3.8) is 0 Å². The summed E-state index contributed by atoms with van der Waals surface area (Å²) < 4.78 is 0. The minimum absolute atomic E-state index is 0.212. The summed E-state index contributed by atoms with van der Waals surface area (Å²) in [5.74, 6) is 0.910. The Balaban J connectivity index is 1.77. The maximum atomic E-state index is 12.5. The predicted molar refractivity (Wildman–Crippen MR) is 77.6 cm³/mol. The number of aryl methyl sites for hydroxylation is 1. The Morgan fingerprint density at radius 3 is 3.16 bits per heavy atom. The first kappa shape index (κ1) is 12.5. The van der Waals surface area contributed by atoms with Gasteiger partial charge in [0.2, 0.25) is 0 Å². The Morgan fingerprint density at radius 2 is 2.37 bits per heavy atom. The molecule has 0 aromatic heterocycles. The van der Waals surface area contributed by atoms with Crippen LogP contribution < -0.4 is 5.32 Å². The third-order valence-corrected chi connectivity index (χ3v) is 4.44. The fourth-order valence-corrected chi connectivity index (χ4v) is 3.14. The minimum atomic E-state index is 0.212. The number of rotatable bonds is 2. The molecule has 0 bridgehead atoms. The van der Waals surface area contributed by atoms with E-state index >= 15 is 0 Å². The highest BCUT2D eigenvalue weighted by atomic mass is 16.2. The maximum Gasteiger partial charge on any atom is 0.253 e. The zero-order valence-electron chi connectivity index (χ0n) is 11.6. The standard InChI is InChI=1S/C16H22N2O/c1-2-12-7-9-18(11-12)16(19)14-5-6-15-13(10-14)4-3-8-17-15/h5-6,10,12,17H,2-4,7-9,11H2,1H3. The van der Waals surface area contributed by atoms with Crippen molar-refractivity contribution in [3.05, 3.63) is 29.3 Å². The lowest BCUT2D eigenvalue weighted by Crippen LogP contribution is -2.29. The Bertz CT molecular complexity index is 484. The topological polar surface area (TPSA) is 32.3 Å². The number of carbonyl (C=O) groups excluding carboxylic acids is 1. The molecule has 0 aliphatic carbocycles. The van der Waals surface area contributed by atoms with Crippen LogP contribution in [0.3, 0.4) is 0 Å². The van der Waals surface area contributed by atoms with Crippen LogP contribution in [0.2, 0.25) is 0 Å². The number of benzene rings is 1. The number of nitrogens with zero attached hydrogens (tertiary/aromatic N) is 1. The van der Waals surface area contributed by atoms with Crippen LogP contribution in [0, 0.1) is 5.92 Å². The van der Waals surface area contributed by atoms with Crippen LogP contribution in [0.15, 0.2) is 18.2 Å². The van der Waals surface area contributed by atoms with E-state index in [9.17, 15) is 4.79 Å². The molecule has 3 rings (SSSR count). The van der Waals surface area contributed by atoms with Gasteiger partial charge < -0.3 is 10.2 Å². The number of carbonyl (C=O) groups is 1. The lowest BCUT2D eigenvalue weighted by Gasteiger charge is -2.21. The second-order valence-electron chi connectivity index (χ2n) is 5.72. The molecule has 1 amide bonds. The highest BCUT2D eigenvalue weighted by molar-refractivity contribution is 5.95. The molecular weight excluding hydrogens is 236 g/mol. The van der Waals surface area contributed by atoms with Crippen LogP contribution in [-0.4, -0.2) is 30.4 Å². The van der Waals surface area contributed by atoms with E-state index in [0.29, 0.717) is 5.92 Å². The molecule has 0 spiro atoms.